The highest BCUT2D eigenvalue weighted by Crippen LogP contribution is 2.22. The van der Waals surface area contributed by atoms with E-state index < -0.39 is 0 Å². The molecule has 5 heteroatoms. The van der Waals surface area contributed by atoms with E-state index in [1.54, 1.807) is 12.7 Å². The summed E-state index contributed by atoms with van der Waals surface area (Å²) in [5.74, 6) is 0. The molecule has 1 saturated heterocycles. The minimum Gasteiger partial charge on any atom is -0.294 e. The molecular formula is C16H19N5. The first-order valence-corrected chi connectivity index (χ1v) is 7.41. The van der Waals surface area contributed by atoms with E-state index in [1.165, 1.54) is 19.3 Å². The van der Waals surface area contributed by atoms with Crippen LogP contribution in [0.3, 0.4) is 0 Å². The van der Waals surface area contributed by atoms with Crippen LogP contribution in [0, 0.1) is 11.3 Å². The molecule has 0 aliphatic carbocycles. The number of nitrogens with zero attached hydrogens (tertiary/aromatic N) is 5. The molecule has 1 fully saturated rings. The Bertz CT molecular complexity index is 614. The Morgan fingerprint density at radius 3 is 3.00 bits per heavy atom. The molecule has 108 valence electrons. The fourth-order valence-corrected chi connectivity index (χ4v) is 3.00. The van der Waals surface area contributed by atoms with Crippen molar-refractivity contribution >= 4 is 0 Å². The number of likely N-dealkylation sites (tertiary alicyclic amines) is 1. The van der Waals surface area contributed by atoms with Crippen molar-refractivity contribution in [1.29, 1.82) is 5.26 Å². The molecule has 1 atom stereocenters. The third-order valence-electron chi connectivity index (χ3n) is 4.12. The van der Waals surface area contributed by atoms with E-state index in [4.69, 9.17) is 0 Å². The second kappa shape index (κ2) is 6.51. The van der Waals surface area contributed by atoms with Gasteiger partial charge < -0.3 is 0 Å². The average Bonchev–Trinajstić information content (AvgIpc) is 3.03. The molecule has 1 aromatic carbocycles. The predicted octanol–water partition coefficient (Wildman–Crippen LogP) is 2.20. The lowest BCUT2D eigenvalue weighted by Crippen LogP contribution is -2.41. The molecular weight excluding hydrogens is 262 g/mol. The minimum atomic E-state index is 0.465. The standard InChI is InChI=1S/C16H19N5/c17-9-14-5-1-2-6-15(14)10-20-8-4-3-7-16(20)11-21-13-18-12-19-21/h1-2,5-6,12-13,16H,3-4,7-8,10-11H2. The van der Waals surface area contributed by atoms with Gasteiger partial charge in [0, 0.05) is 12.6 Å². The van der Waals surface area contributed by atoms with Crippen LogP contribution in [0.5, 0.6) is 0 Å². The summed E-state index contributed by atoms with van der Waals surface area (Å²) in [4.78, 5) is 6.49. The molecule has 0 saturated carbocycles. The Morgan fingerprint density at radius 1 is 1.29 bits per heavy atom. The van der Waals surface area contributed by atoms with E-state index in [0.29, 0.717) is 6.04 Å². The highest BCUT2D eigenvalue weighted by Gasteiger charge is 2.23. The SMILES string of the molecule is N#Cc1ccccc1CN1CCCCC1Cn1cncn1. The Hall–Kier alpha value is -2.19. The molecule has 0 N–H and O–H groups in total. The molecule has 1 aliphatic heterocycles. The monoisotopic (exact) mass is 281 g/mol. The number of aromatic nitrogens is 3. The molecule has 1 unspecified atom stereocenters. The van der Waals surface area contributed by atoms with Crippen molar-refractivity contribution in [2.24, 2.45) is 0 Å². The van der Waals surface area contributed by atoms with Crippen LogP contribution < -0.4 is 0 Å². The summed E-state index contributed by atoms with van der Waals surface area (Å²) in [5.41, 5.74) is 1.90. The summed E-state index contributed by atoms with van der Waals surface area (Å²) in [7, 11) is 0. The Labute approximate surface area is 124 Å². The maximum Gasteiger partial charge on any atom is 0.137 e. The van der Waals surface area contributed by atoms with Gasteiger partial charge >= 0.3 is 0 Å². The van der Waals surface area contributed by atoms with E-state index in [1.807, 2.05) is 22.9 Å². The van der Waals surface area contributed by atoms with Gasteiger partial charge in [0.15, 0.2) is 0 Å². The first kappa shape index (κ1) is 13.8. The van der Waals surface area contributed by atoms with Crippen molar-refractivity contribution < 1.29 is 0 Å². The average molecular weight is 281 g/mol. The lowest BCUT2D eigenvalue weighted by atomic mass is 10.00. The largest absolute Gasteiger partial charge is 0.294 e. The van der Waals surface area contributed by atoms with Crippen molar-refractivity contribution in [3.63, 3.8) is 0 Å². The van der Waals surface area contributed by atoms with Gasteiger partial charge in [-0.05, 0) is 31.0 Å². The number of rotatable bonds is 4. The van der Waals surface area contributed by atoms with Gasteiger partial charge in [-0.3, -0.25) is 9.58 Å². The zero-order valence-electron chi connectivity index (χ0n) is 12.0. The van der Waals surface area contributed by atoms with Crippen LogP contribution in [0.25, 0.3) is 0 Å². The number of hydrogen-bond donors (Lipinski definition) is 0. The summed E-state index contributed by atoms with van der Waals surface area (Å²) in [6.07, 6.45) is 7.01. The molecule has 2 heterocycles. The number of nitriles is 1. The summed E-state index contributed by atoms with van der Waals surface area (Å²) in [6.45, 7) is 2.79. The fourth-order valence-electron chi connectivity index (χ4n) is 3.00. The van der Waals surface area contributed by atoms with Gasteiger partial charge in [0.25, 0.3) is 0 Å². The van der Waals surface area contributed by atoms with Gasteiger partial charge in [0.1, 0.15) is 12.7 Å². The lowest BCUT2D eigenvalue weighted by molar-refractivity contribution is 0.122. The maximum absolute atomic E-state index is 9.23. The van der Waals surface area contributed by atoms with E-state index in [-0.39, 0.29) is 0 Å². The quantitative estimate of drug-likeness (QED) is 0.862. The number of hydrogen-bond acceptors (Lipinski definition) is 4. The maximum atomic E-state index is 9.23. The van der Waals surface area contributed by atoms with Crippen LogP contribution in [0.1, 0.15) is 30.4 Å². The van der Waals surface area contributed by atoms with Crippen LogP contribution in [0.15, 0.2) is 36.9 Å². The lowest BCUT2D eigenvalue weighted by Gasteiger charge is -2.35. The third kappa shape index (κ3) is 3.29. The Balaban J connectivity index is 1.74. The molecule has 21 heavy (non-hydrogen) atoms. The highest BCUT2D eigenvalue weighted by atomic mass is 15.3. The van der Waals surface area contributed by atoms with Gasteiger partial charge in [-0.25, -0.2) is 4.98 Å². The predicted molar refractivity (Wildman–Crippen MR) is 79.2 cm³/mol. The molecule has 2 aromatic rings. The smallest absolute Gasteiger partial charge is 0.137 e. The number of piperidine rings is 1. The molecule has 1 aromatic heterocycles. The summed E-state index contributed by atoms with van der Waals surface area (Å²) < 4.78 is 1.90. The van der Waals surface area contributed by atoms with Gasteiger partial charge in [-0.15, -0.1) is 0 Å². The molecule has 0 radical (unpaired) electrons. The Kier molecular flexibility index (Phi) is 4.27. The van der Waals surface area contributed by atoms with Gasteiger partial charge in [0.2, 0.25) is 0 Å². The summed E-state index contributed by atoms with van der Waals surface area (Å²) in [6, 6.07) is 10.6. The van der Waals surface area contributed by atoms with Crippen molar-refractivity contribution in [2.45, 2.75) is 38.4 Å². The second-order valence-electron chi connectivity index (χ2n) is 5.51. The van der Waals surface area contributed by atoms with Crippen molar-refractivity contribution in [1.82, 2.24) is 19.7 Å². The molecule has 5 nitrogen and oxygen atoms in total. The molecule has 3 rings (SSSR count). The Morgan fingerprint density at radius 2 is 2.19 bits per heavy atom. The topological polar surface area (TPSA) is 57.7 Å². The van der Waals surface area contributed by atoms with E-state index in [0.717, 1.165) is 30.8 Å². The first-order valence-electron chi connectivity index (χ1n) is 7.41. The minimum absolute atomic E-state index is 0.465. The molecule has 0 amide bonds. The molecule has 0 spiro atoms. The van der Waals surface area contributed by atoms with Crippen molar-refractivity contribution in [3.8, 4) is 6.07 Å². The van der Waals surface area contributed by atoms with Crippen LogP contribution in [-0.4, -0.2) is 32.3 Å². The van der Waals surface area contributed by atoms with Crippen molar-refractivity contribution in [3.05, 3.63) is 48.0 Å². The molecule has 1 aliphatic rings. The van der Waals surface area contributed by atoms with E-state index in [9.17, 15) is 5.26 Å². The normalized spacial score (nSPS) is 19.3. The summed E-state index contributed by atoms with van der Waals surface area (Å²) in [5, 5.41) is 13.4. The zero-order chi connectivity index (χ0) is 14.5. The van der Waals surface area contributed by atoms with Gasteiger partial charge in [-0.2, -0.15) is 10.4 Å². The fraction of sp³-hybridized carbons (Fsp3) is 0.438. The first-order chi connectivity index (χ1) is 10.4. The highest BCUT2D eigenvalue weighted by molar-refractivity contribution is 5.37. The van der Waals surface area contributed by atoms with Gasteiger partial charge in [0.05, 0.1) is 18.2 Å². The van der Waals surface area contributed by atoms with Gasteiger partial charge in [-0.1, -0.05) is 24.6 Å². The van der Waals surface area contributed by atoms with Crippen LogP contribution in [0.4, 0.5) is 0 Å². The number of benzene rings is 1. The summed E-state index contributed by atoms with van der Waals surface area (Å²) >= 11 is 0. The van der Waals surface area contributed by atoms with E-state index >= 15 is 0 Å². The zero-order valence-corrected chi connectivity index (χ0v) is 12.0. The third-order valence-corrected chi connectivity index (χ3v) is 4.12. The van der Waals surface area contributed by atoms with Crippen molar-refractivity contribution in [2.75, 3.05) is 6.54 Å². The van der Waals surface area contributed by atoms with E-state index in [2.05, 4.69) is 27.1 Å². The molecule has 0 bridgehead atoms. The van der Waals surface area contributed by atoms with Crippen LogP contribution in [0.2, 0.25) is 0 Å². The second-order valence-corrected chi connectivity index (χ2v) is 5.51. The van der Waals surface area contributed by atoms with Crippen LogP contribution >= 0.6 is 0 Å². The van der Waals surface area contributed by atoms with Crippen LogP contribution in [-0.2, 0) is 13.1 Å².